The van der Waals surface area contributed by atoms with Gasteiger partial charge in [0.1, 0.15) is 0 Å². The molecule has 0 saturated carbocycles. The Morgan fingerprint density at radius 3 is 2.76 bits per heavy atom. The molecule has 1 heterocycles. The van der Waals surface area contributed by atoms with Crippen molar-refractivity contribution in [3.63, 3.8) is 0 Å². The van der Waals surface area contributed by atoms with Crippen LogP contribution in [0.1, 0.15) is 33.1 Å². The fraction of sp³-hybridized carbons (Fsp3) is 0.571. The summed E-state index contributed by atoms with van der Waals surface area (Å²) < 4.78 is 4.63. The summed E-state index contributed by atoms with van der Waals surface area (Å²) in [6, 6.07) is 0. The number of allylic oxidation sites excluding steroid dienone is 3. The van der Waals surface area contributed by atoms with E-state index in [1.54, 1.807) is 0 Å². The molecule has 3 unspecified atom stereocenters. The maximum absolute atomic E-state index is 11.6. The molecule has 0 N–H and O–H groups in total. The molecular formula is C14H18O3. The zero-order valence-corrected chi connectivity index (χ0v) is 10.4. The highest BCUT2D eigenvalue weighted by molar-refractivity contribution is 5.94. The van der Waals surface area contributed by atoms with Gasteiger partial charge in [0.2, 0.25) is 0 Å². The van der Waals surface area contributed by atoms with Crippen LogP contribution in [0.5, 0.6) is 0 Å². The van der Waals surface area contributed by atoms with Gasteiger partial charge in [0.05, 0.1) is 12.3 Å². The highest BCUT2D eigenvalue weighted by Crippen LogP contribution is 2.43. The van der Waals surface area contributed by atoms with E-state index < -0.39 is 5.97 Å². The number of cyclic esters (lactones) is 2. The third-order valence-corrected chi connectivity index (χ3v) is 3.80. The maximum Gasteiger partial charge on any atom is 0.317 e. The first-order chi connectivity index (χ1) is 7.93. The van der Waals surface area contributed by atoms with Gasteiger partial charge in [-0.2, -0.15) is 0 Å². The van der Waals surface area contributed by atoms with Gasteiger partial charge < -0.3 is 4.74 Å². The Balaban J connectivity index is 2.22. The van der Waals surface area contributed by atoms with Gasteiger partial charge in [-0.15, -0.1) is 6.58 Å². The Bertz CT molecular complexity index is 408. The molecule has 0 aromatic heterocycles. The van der Waals surface area contributed by atoms with E-state index in [2.05, 4.69) is 31.2 Å². The number of hydrogen-bond acceptors (Lipinski definition) is 3. The second kappa shape index (κ2) is 4.13. The molecule has 2 aliphatic rings. The Morgan fingerprint density at radius 1 is 1.53 bits per heavy atom. The van der Waals surface area contributed by atoms with E-state index in [0.29, 0.717) is 0 Å². The second-order valence-corrected chi connectivity index (χ2v) is 5.52. The van der Waals surface area contributed by atoms with E-state index in [4.69, 9.17) is 0 Å². The van der Waals surface area contributed by atoms with Gasteiger partial charge in [0, 0.05) is 0 Å². The molecule has 0 radical (unpaired) electrons. The Labute approximate surface area is 102 Å². The van der Waals surface area contributed by atoms with Gasteiger partial charge in [-0.05, 0) is 31.1 Å². The molecule has 0 aromatic carbocycles. The zero-order chi connectivity index (χ0) is 12.6. The van der Waals surface area contributed by atoms with Crippen LogP contribution in [-0.4, -0.2) is 11.9 Å². The van der Waals surface area contributed by atoms with E-state index in [0.717, 1.165) is 12.8 Å². The fourth-order valence-corrected chi connectivity index (χ4v) is 2.96. The standard InChI is InChI=1S/C14H18O3/c1-4-14(3)7-9(2)5-10(8-14)11-6-12(15)17-13(11)16/h4-5,10-11H,1,6-8H2,2-3H3. The number of rotatable bonds is 2. The topological polar surface area (TPSA) is 43.4 Å². The Kier molecular flexibility index (Phi) is 2.94. The zero-order valence-electron chi connectivity index (χ0n) is 10.4. The molecule has 17 heavy (non-hydrogen) atoms. The molecule has 1 saturated heterocycles. The van der Waals surface area contributed by atoms with Crippen LogP contribution in [0.25, 0.3) is 0 Å². The van der Waals surface area contributed by atoms with E-state index in [9.17, 15) is 9.59 Å². The van der Waals surface area contributed by atoms with E-state index >= 15 is 0 Å². The normalized spacial score (nSPS) is 37.6. The number of ether oxygens (including phenoxy) is 1. The predicted molar refractivity (Wildman–Crippen MR) is 64.0 cm³/mol. The lowest BCUT2D eigenvalue weighted by atomic mass is 9.68. The quantitative estimate of drug-likeness (QED) is 0.419. The highest BCUT2D eigenvalue weighted by atomic mass is 16.6. The smallest absolute Gasteiger partial charge is 0.317 e. The fourth-order valence-electron chi connectivity index (χ4n) is 2.96. The predicted octanol–water partition coefficient (Wildman–Crippen LogP) is 2.62. The van der Waals surface area contributed by atoms with Crippen LogP contribution >= 0.6 is 0 Å². The lowest BCUT2D eigenvalue weighted by Gasteiger charge is -2.35. The molecule has 2 rings (SSSR count). The molecule has 0 aromatic rings. The summed E-state index contributed by atoms with van der Waals surface area (Å²) in [5.41, 5.74) is 1.28. The van der Waals surface area contributed by atoms with E-state index in [1.165, 1.54) is 5.57 Å². The van der Waals surface area contributed by atoms with Crippen LogP contribution in [-0.2, 0) is 14.3 Å². The molecule has 0 spiro atoms. The molecular weight excluding hydrogens is 216 g/mol. The molecule has 1 aliphatic heterocycles. The van der Waals surface area contributed by atoms with Crippen LogP contribution in [0.4, 0.5) is 0 Å². The number of carbonyl (C=O) groups excluding carboxylic acids is 2. The molecule has 0 bridgehead atoms. The Hall–Kier alpha value is -1.38. The Morgan fingerprint density at radius 2 is 2.24 bits per heavy atom. The van der Waals surface area contributed by atoms with E-state index in [-0.39, 0.29) is 29.6 Å². The van der Waals surface area contributed by atoms with Gasteiger partial charge in [0.15, 0.2) is 0 Å². The minimum absolute atomic E-state index is 0.0232. The summed E-state index contributed by atoms with van der Waals surface area (Å²) in [7, 11) is 0. The highest BCUT2D eigenvalue weighted by Gasteiger charge is 2.42. The first kappa shape index (κ1) is 12.1. The molecule has 1 fully saturated rings. The summed E-state index contributed by atoms with van der Waals surface area (Å²) in [6.45, 7) is 8.09. The third-order valence-electron chi connectivity index (χ3n) is 3.80. The summed E-state index contributed by atoms with van der Waals surface area (Å²) in [5, 5.41) is 0. The largest absolute Gasteiger partial charge is 0.393 e. The van der Waals surface area contributed by atoms with Gasteiger partial charge >= 0.3 is 11.9 Å². The van der Waals surface area contributed by atoms with Crippen LogP contribution in [0, 0.1) is 17.3 Å². The van der Waals surface area contributed by atoms with E-state index in [1.807, 2.05) is 6.08 Å². The van der Waals surface area contributed by atoms with Crippen molar-refractivity contribution >= 4 is 11.9 Å². The lowest BCUT2D eigenvalue weighted by molar-refractivity contribution is -0.153. The molecule has 92 valence electrons. The van der Waals surface area contributed by atoms with Gasteiger partial charge in [-0.1, -0.05) is 24.6 Å². The van der Waals surface area contributed by atoms with Gasteiger partial charge in [-0.3, -0.25) is 9.59 Å². The van der Waals surface area contributed by atoms with Gasteiger partial charge in [-0.25, -0.2) is 0 Å². The van der Waals surface area contributed by atoms with Crippen LogP contribution in [0.3, 0.4) is 0 Å². The van der Waals surface area contributed by atoms with Crippen molar-refractivity contribution in [2.75, 3.05) is 0 Å². The van der Waals surface area contributed by atoms with Crippen LogP contribution in [0.2, 0.25) is 0 Å². The third kappa shape index (κ3) is 2.33. The molecule has 3 nitrogen and oxygen atoms in total. The molecule has 3 atom stereocenters. The minimum atomic E-state index is -0.392. The number of carbonyl (C=O) groups is 2. The van der Waals surface area contributed by atoms with Crippen molar-refractivity contribution in [3.8, 4) is 0 Å². The molecule has 1 aliphatic carbocycles. The number of esters is 2. The van der Waals surface area contributed by atoms with Crippen molar-refractivity contribution in [3.05, 3.63) is 24.3 Å². The van der Waals surface area contributed by atoms with Crippen molar-refractivity contribution in [1.82, 2.24) is 0 Å². The second-order valence-electron chi connectivity index (χ2n) is 5.52. The average Bonchev–Trinajstić information content (AvgIpc) is 2.57. The van der Waals surface area contributed by atoms with Crippen LogP contribution < -0.4 is 0 Å². The lowest BCUT2D eigenvalue weighted by Crippen LogP contribution is -2.28. The first-order valence-electron chi connectivity index (χ1n) is 5.99. The SMILES string of the molecule is C=CC1(C)CC(C)=CC(C2CC(=O)OC2=O)C1. The summed E-state index contributed by atoms with van der Waals surface area (Å²) in [4.78, 5) is 22.7. The minimum Gasteiger partial charge on any atom is -0.393 e. The summed E-state index contributed by atoms with van der Waals surface area (Å²) in [5.74, 6) is -0.947. The van der Waals surface area contributed by atoms with Crippen LogP contribution in [0.15, 0.2) is 24.3 Å². The summed E-state index contributed by atoms with van der Waals surface area (Å²) in [6.07, 6.45) is 6.14. The molecule has 3 heteroatoms. The maximum atomic E-state index is 11.6. The molecule has 0 amide bonds. The van der Waals surface area contributed by atoms with Gasteiger partial charge in [0.25, 0.3) is 0 Å². The van der Waals surface area contributed by atoms with Crippen molar-refractivity contribution < 1.29 is 14.3 Å². The van der Waals surface area contributed by atoms with Crippen molar-refractivity contribution in [2.24, 2.45) is 17.3 Å². The monoisotopic (exact) mass is 234 g/mol. The van der Waals surface area contributed by atoms with Crippen molar-refractivity contribution in [1.29, 1.82) is 0 Å². The van der Waals surface area contributed by atoms with Crippen molar-refractivity contribution in [2.45, 2.75) is 33.1 Å². The average molecular weight is 234 g/mol. The summed E-state index contributed by atoms with van der Waals surface area (Å²) >= 11 is 0. The first-order valence-corrected chi connectivity index (χ1v) is 5.99. The number of hydrogen-bond donors (Lipinski definition) is 0.